The lowest BCUT2D eigenvalue weighted by Crippen LogP contribution is -2.45. The Morgan fingerprint density at radius 3 is 0.922 bits per heavy atom. The molecule has 0 aromatic heterocycles. The van der Waals surface area contributed by atoms with Crippen molar-refractivity contribution in [2.45, 2.75) is 392 Å². The van der Waals surface area contributed by atoms with Gasteiger partial charge in [-0.2, -0.15) is 0 Å². The Balaban J connectivity index is 3.42. The number of carbonyl (C=O) groups is 2. The number of amides is 1. The molecule has 77 heavy (non-hydrogen) atoms. The van der Waals surface area contributed by atoms with Gasteiger partial charge < -0.3 is 20.3 Å². The van der Waals surface area contributed by atoms with Crippen molar-refractivity contribution in [2.24, 2.45) is 0 Å². The van der Waals surface area contributed by atoms with Gasteiger partial charge in [0.15, 0.2) is 0 Å². The maximum Gasteiger partial charge on any atom is 0.305 e. The van der Waals surface area contributed by atoms with Gasteiger partial charge in [0.1, 0.15) is 0 Å². The summed E-state index contributed by atoms with van der Waals surface area (Å²) >= 11 is 0. The van der Waals surface area contributed by atoms with Gasteiger partial charge in [0.25, 0.3) is 0 Å². The van der Waals surface area contributed by atoms with Crippen molar-refractivity contribution >= 4 is 11.9 Å². The van der Waals surface area contributed by atoms with Crippen LogP contribution in [0.25, 0.3) is 0 Å². The van der Waals surface area contributed by atoms with Gasteiger partial charge in [0.05, 0.1) is 25.4 Å². The highest BCUT2D eigenvalue weighted by Gasteiger charge is 2.18. The number of aliphatic hydroxyl groups excluding tert-OH is 2. The highest BCUT2D eigenvalue weighted by molar-refractivity contribution is 5.76. The monoisotopic (exact) mass is 1080 g/mol. The SMILES string of the molecule is CCCCCCC/C=C\CCCCCCCC(=O)OCCCCCCCCCCCCCC/C=C\CCCCCCCCCCCCC(=O)NC(CO)C(O)/C=C/CCCCCCCCCCCCCCCCCCCC. The summed E-state index contributed by atoms with van der Waals surface area (Å²) in [6.07, 6.45) is 85.0. The van der Waals surface area contributed by atoms with E-state index in [1.807, 2.05) is 6.08 Å². The summed E-state index contributed by atoms with van der Waals surface area (Å²) in [6.45, 7) is 4.92. The maximum absolute atomic E-state index is 12.5. The van der Waals surface area contributed by atoms with Crippen molar-refractivity contribution < 1.29 is 24.5 Å². The van der Waals surface area contributed by atoms with Crippen LogP contribution in [0.4, 0.5) is 0 Å². The third-order valence-corrected chi connectivity index (χ3v) is 16.1. The third-order valence-electron chi connectivity index (χ3n) is 16.1. The van der Waals surface area contributed by atoms with Gasteiger partial charge >= 0.3 is 5.97 Å². The molecule has 0 spiro atoms. The Kier molecular flexibility index (Phi) is 64.9. The fraction of sp³-hybridized carbons (Fsp3) is 0.887. The minimum Gasteiger partial charge on any atom is -0.466 e. The normalized spacial score (nSPS) is 12.7. The maximum atomic E-state index is 12.5. The van der Waals surface area contributed by atoms with Crippen LogP contribution in [0.2, 0.25) is 0 Å². The van der Waals surface area contributed by atoms with Crippen molar-refractivity contribution in [1.82, 2.24) is 5.32 Å². The van der Waals surface area contributed by atoms with Crippen LogP contribution < -0.4 is 5.32 Å². The molecule has 0 saturated heterocycles. The average Bonchev–Trinajstić information content (AvgIpc) is 3.43. The van der Waals surface area contributed by atoms with Gasteiger partial charge in [-0.1, -0.05) is 320 Å². The predicted molar refractivity (Wildman–Crippen MR) is 338 cm³/mol. The van der Waals surface area contributed by atoms with E-state index in [0.717, 1.165) is 44.9 Å². The highest BCUT2D eigenvalue weighted by atomic mass is 16.5. The van der Waals surface area contributed by atoms with Crippen molar-refractivity contribution in [3.05, 3.63) is 36.5 Å². The summed E-state index contributed by atoms with van der Waals surface area (Å²) in [5, 5.41) is 23.2. The van der Waals surface area contributed by atoms with Crippen LogP contribution >= 0.6 is 0 Å². The standard InChI is InChI=1S/C71H135NO5/c1-3-5-7-9-11-13-15-17-19-20-21-30-33-36-39-43-47-51-55-59-63-69(74)68(67-73)72-70(75)64-60-56-52-48-44-40-37-34-31-28-26-24-22-23-25-27-29-32-35-38-42-46-50-54-58-62-66-77-71(76)65-61-57-53-49-45-41-18-16-14-12-10-8-6-4-2/h16,18,22,24,59,63,68-69,73-74H,3-15,17,19-21,23,25-58,60-62,64-67H2,1-2H3,(H,72,75)/b18-16-,24-22-,63-59+. The van der Waals surface area contributed by atoms with Crippen LogP contribution in [0.15, 0.2) is 36.5 Å². The number of esters is 1. The number of allylic oxidation sites excluding steroid dienone is 5. The molecule has 0 aliphatic carbocycles. The van der Waals surface area contributed by atoms with E-state index < -0.39 is 12.1 Å². The lowest BCUT2D eigenvalue weighted by Gasteiger charge is -2.20. The molecule has 1 amide bonds. The number of ether oxygens (including phenoxy) is 1. The Morgan fingerprint density at radius 1 is 0.351 bits per heavy atom. The van der Waals surface area contributed by atoms with E-state index in [2.05, 4.69) is 43.5 Å². The second-order valence-electron chi connectivity index (χ2n) is 23.9. The summed E-state index contributed by atoms with van der Waals surface area (Å²) in [7, 11) is 0. The lowest BCUT2D eigenvalue weighted by atomic mass is 10.0. The molecule has 0 aromatic rings. The minimum absolute atomic E-state index is 0.00572. The van der Waals surface area contributed by atoms with Gasteiger partial charge in [0, 0.05) is 12.8 Å². The first-order valence-electron chi connectivity index (χ1n) is 34.8. The number of rotatable bonds is 65. The first-order valence-corrected chi connectivity index (χ1v) is 34.8. The molecule has 0 saturated carbocycles. The fourth-order valence-electron chi connectivity index (χ4n) is 10.8. The first-order chi connectivity index (χ1) is 38.0. The van der Waals surface area contributed by atoms with Gasteiger partial charge in [-0.05, 0) is 83.5 Å². The smallest absolute Gasteiger partial charge is 0.305 e. The highest BCUT2D eigenvalue weighted by Crippen LogP contribution is 2.18. The second kappa shape index (κ2) is 66.6. The Bertz CT molecular complexity index is 1250. The Labute approximate surface area is 481 Å². The molecule has 0 bridgehead atoms. The fourth-order valence-corrected chi connectivity index (χ4v) is 10.8. The van der Waals surface area contributed by atoms with E-state index in [0.29, 0.717) is 19.4 Å². The van der Waals surface area contributed by atoms with Crippen LogP contribution in [-0.4, -0.2) is 47.4 Å². The number of nitrogens with one attached hydrogen (secondary N) is 1. The van der Waals surface area contributed by atoms with Crippen molar-refractivity contribution in [3.63, 3.8) is 0 Å². The van der Waals surface area contributed by atoms with E-state index >= 15 is 0 Å². The zero-order valence-electron chi connectivity index (χ0n) is 52.0. The number of hydrogen-bond donors (Lipinski definition) is 3. The molecule has 2 atom stereocenters. The van der Waals surface area contributed by atoms with E-state index in [1.54, 1.807) is 6.08 Å². The molecule has 2 unspecified atom stereocenters. The third kappa shape index (κ3) is 63.1. The van der Waals surface area contributed by atoms with Crippen molar-refractivity contribution in [3.8, 4) is 0 Å². The zero-order chi connectivity index (χ0) is 55.7. The van der Waals surface area contributed by atoms with Gasteiger partial charge in [-0.15, -0.1) is 0 Å². The van der Waals surface area contributed by atoms with Gasteiger partial charge in [-0.25, -0.2) is 0 Å². The number of aliphatic hydroxyl groups is 2. The van der Waals surface area contributed by atoms with Gasteiger partial charge in [0.2, 0.25) is 5.91 Å². The summed E-state index contributed by atoms with van der Waals surface area (Å²) < 4.78 is 5.48. The molecule has 454 valence electrons. The molecule has 0 aliphatic rings. The molecule has 3 N–H and O–H groups in total. The Hall–Kier alpha value is -1.92. The van der Waals surface area contributed by atoms with Crippen LogP contribution in [0, 0.1) is 0 Å². The summed E-state index contributed by atoms with van der Waals surface area (Å²) in [5.41, 5.74) is 0. The molecular formula is C71H135NO5. The average molecular weight is 1080 g/mol. The number of hydrogen-bond acceptors (Lipinski definition) is 5. The van der Waals surface area contributed by atoms with Crippen molar-refractivity contribution in [1.29, 1.82) is 0 Å². The molecule has 0 radical (unpaired) electrons. The largest absolute Gasteiger partial charge is 0.466 e. The summed E-state index contributed by atoms with van der Waals surface area (Å²) in [6, 6.07) is -0.630. The first kappa shape index (κ1) is 75.1. The van der Waals surface area contributed by atoms with Crippen LogP contribution in [-0.2, 0) is 14.3 Å². The minimum atomic E-state index is -0.847. The Morgan fingerprint density at radius 2 is 0.610 bits per heavy atom. The van der Waals surface area contributed by atoms with E-state index in [-0.39, 0.29) is 18.5 Å². The topological polar surface area (TPSA) is 95.9 Å². The molecule has 0 heterocycles. The second-order valence-corrected chi connectivity index (χ2v) is 23.9. The van der Waals surface area contributed by atoms with Crippen LogP contribution in [0.5, 0.6) is 0 Å². The molecule has 6 nitrogen and oxygen atoms in total. The molecule has 0 aliphatic heterocycles. The number of carbonyl (C=O) groups excluding carboxylic acids is 2. The quantitative estimate of drug-likeness (QED) is 0.0320. The van der Waals surface area contributed by atoms with E-state index in [9.17, 15) is 19.8 Å². The molecule has 6 heteroatoms. The van der Waals surface area contributed by atoms with E-state index in [1.165, 1.54) is 308 Å². The summed E-state index contributed by atoms with van der Waals surface area (Å²) in [4.78, 5) is 24.6. The lowest BCUT2D eigenvalue weighted by molar-refractivity contribution is -0.143. The summed E-state index contributed by atoms with van der Waals surface area (Å²) in [5.74, 6) is -0.0610. The van der Waals surface area contributed by atoms with Gasteiger partial charge in [-0.3, -0.25) is 9.59 Å². The molecule has 0 rings (SSSR count). The predicted octanol–water partition coefficient (Wildman–Crippen LogP) is 22.3. The van der Waals surface area contributed by atoms with E-state index in [4.69, 9.17) is 4.74 Å². The molecular weight excluding hydrogens is 947 g/mol. The zero-order valence-corrected chi connectivity index (χ0v) is 52.0. The molecule has 0 aromatic carbocycles. The van der Waals surface area contributed by atoms with Crippen LogP contribution in [0.3, 0.4) is 0 Å². The number of unbranched alkanes of at least 4 members (excludes halogenated alkanes) is 50. The van der Waals surface area contributed by atoms with Crippen molar-refractivity contribution in [2.75, 3.05) is 13.2 Å². The molecule has 0 fully saturated rings. The van der Waals surface area contributed by atoms with Crippen LogP contribution in [0.1, 0.15) is 380 Å².